The third-order valence-corrected chi connectivity index (χ3v) is 8.23. The van der Waals surface area contributed by atoms with Crippen LogP contribution in [-0.4, -0.2) is 70.6 Å². The molecule has 206 valence electrons. The van der Waals surface area contributed by atoms with E-state index in [0.29, 0.717) is 59.4 Å². The highest BCUT2D eigenvalue weighted by atomic mass is 35.5. The highest BCUT2D eigenvalue weighted by Gasteiger charge is 2.45. The van der Waals surface area contributed by atoms with Crippen LogP contribution in [0.2, 0.25) is 15.1 Å². The summed E-state index contributed by atoms with van der Waals surface area (Å²) in [6.07, 6.45) is 3.79. The van der Waals surface area contributed by atoms with E-state index in [1.165, 1.54) is 0 Å². The number of halogens is 3. The van der Waals surface area contributed by atoms with Crippen LogP contribution in [0.5, 0.6) is 0 Å². The lowest BCUT2D eigenvalue weighted by Crippen LogP contribution is -2.60. The SMILES string of the molecule is CCC(=O)NCCN1CCCC(C2CN(c3ncc(Cl)c(NC(C)c4ccc(Cl)cc4Cl)n3)C2)C1C(=O)O. The summed E-state index contributed by atoms with van der Waals surface area (Å²) < 4.78 is 0. The van der Waals surface area contributed by atoms with Crippen molar-refractivity contribution in [1.29, 1.82) is 0 Å². The molecule has 2 aliphatic rings. The average Bonchev–Trinajstić information content (AvgIpc) is 2.84. The third-order valence-electron chi connectivity index (χ3n) is 7.39. The van der Waals surface area contributed by atoms with Gasteiger partial charge in [-0.15, -0.1) is 0 Å². The van der Waals surface area contributed by atoms with E-state index in [-0.39, 0.29) is 23.8 Å². The number of nitrogens with one attached hydrogen (secondary N) is 2. The molecule has 38 heavy (non-hydrogen) atoms. The number of benzene rings is 1. The van der Waals surface area contributed by atoms with Crippen molar-refractivity contribution >= 4 is 58.4 Å². The number of rotatable bonds is 10. The fourth-order valence-electron chi connectivity index (χ4n) is 5.34. The van der Waals surface area contributed by atoms with Gasteiger partial charge in [0.1, 0.15) is 11.1 Å². The Labute approximate surface area is 237 Å². The maximum Gasteiger partial charge on any atom is 0.321 e. The highest BCUT2D eigenvalue weighted by molar-refractivity contribution is 6.35. The Bertz CT molecular complexity index is 1160. The highest BCUT2D eigenvalue weighted by Crippen LogP contribution is 2.37. The number of hydrogen-bond donors (Lipinski definition) is 3. The van der Waals surface area contributed by atoms with E-state index in [0.717, 1.165) is 24.9 Å². The molecule has 9 nitrogen and oxygen atoms in total. The molecule has 1 aromatic heterocycles. The number of carboxylic acid groups (broad SMARTS) is 1. The van der Waals surface area contributed by atoms with Gasteiger partial charge in [-0.2, -0.15) is 4.98 Å². The largest absolute Gasteiger partial charge is 0.480 e. The van der Waals surface area contributed by atoms with Crippen molar-refractivity contribution in [3.8, 4) is 0 Å². The van der Waals surface area contributed by atoms with Gasteiger partial charge in [-0.3, -0.25) is 14.5 Å². The van der Waals surface area contributed by atoms with Crippen molar-refractivity contribution in [2.45, 2.75) is 45.2 Å². The maximum absolute atomic E-state index is 12.3. The number of nitrogens with zero attached hydrogens (tertiary/aromatic N) is 4. The lowest BCUT2D eigenvalue weighted by molar-refractivity contribution is -0.148. The fourth-order valence-corrected chi connectivity index (χ4v) is 6.06. The Morgan fingerprint density at radius 3 is 2.66 bits per heavy atom. The van der Waals surface area contributed by atoms with Crippen LogP contribution in [0.3, 0.4) is 0 Å². The quantitative estimate of drug-likeness (QED) is 0.368. The number of aromatic nitrogens is 2. The molecule has 3 atom stereocenters. The van der Waals surface area contributed by atoms with Gasteiger partial charge in [0.25, 0.3) is 0 Å². The predicted molar refractivity (Wildman–Crippen MR) is 150 cm³/mol. The molecule has 2 aliphatic heterocycles. The molecule has 1 amide bonds. The zero-order chi connectivity index (χ0) is 27.4. The van der Waals surface area contributed by atoms with Gasteiger partial charge < -0.3 is 20.6 Å². The van der Waals surface area contributed by atoms with E-state index in [9.17, 15) is 14.7 Å². The average molecular weight is 584 g/mol. The topological polar surface area (TPSA) is 111 Å². The van der Waals surface area contributed by atoms with E-state index in [1.54, 1.807) is 25.3 Å². The van der Waals surface area contributed by atoms with Gasteiger partial charge >= 0.3 is 5.97 Å². The van der Waals surface area contributed by atoms with Gasteiger partial charge in [-0.05, 0) is 55.8 Å². The molecule has 0 aliphatic carbocycles. The fraction of sp³-hybridized carbons (Fsp3) is 0.538. The van der Waals surface area contributed by atoms with Crippen LogP contribution < -0.4 is 15.5 Å². The lowest BCUT2D eigenvalue weighted by Gasteiger charge is -2.49. The summed E-state index contributed by atoms with van der Waals surface area (Å²) in [6.45, 7) is 6.81. The number of carbonyl (C=O) groups is 2. The molecule has 3 unspecified atom stereocenters. The van der Waals surface area contributed by atoms with Crippen molar-refractivity contribution in [3.05, 3.63) is 45.0 Å². The number of hydrogen-bond acceptors (Lipinski definition) is 7. The Morgan fingerprint density at radius 2 is 1.97 bits per heavy atom. The summed E-state index contributed by atoms with van der Waals surface area (Å²) in [5.74, 6) is 0.453. The molecule has 2 saturated heterocycles. The Kier molecular flexibility index (Phi) is 9.57. The molecule has 0 spiro atoms. The minimum Gasteiger partial charge on any atom is -0.480 e. The van der Waals surface area contributed by atoms with Crippen LogP contribution in [0, 0.1) is 11.8 Å². The van der Waals surface area contributed by atoms with Gasteiger partial charge in [0.05, 0.1) is 12.2 Å². The van der Waals surface area contributed by atoms with Crippen LogP contribution in [-0.2, 0) is 9.59 Å². The standard InChI is InChI=1S/C26H33Cl3N6O3/c1-3-22(36)30-8-10-34-9-4-5-19(23(34)25(37)38)16-13-35(14-16)26-31-12-21(29)24(33-26)32-15(2)18-7-6-17(27)11-20(18)28/h6-7,11-12,15-16,19,23H,3-5,8-10,13-14H2,1-2H3,(H,30,36)(H,37,38)(H,31,32,33). The molecule has 12 heteroatoms. The summed E-state index contributed by atoms with van der Waals surface area (Å²) in [4.78, 5) is 37.0. The van der Waals surface area contributed by atoms with Crippen LogP contribution in [0.15, 0.2) is 24.4 Å². The molecule has 3 heterocycles. The minimum atomic E-state index is -0.806. The van der Waals surface area contributed by atoms with Crippen molar-refractivity contribution in [2.75, 3.05) is 42.9 Å². The number of amides is 1. The maximum atomic E-state index is 12.3. The number of piperidine rings is 1. The summed E-state index contributed by atoms with van der Waals surface area (Å²) in [7, 11) is 0. The van der Waals surface area contributed by atoms with Crippen LogP contribution in [0.1, 0.15) is 44.7 Å². The van der Waals surface area contributed by atoms with Gasteiger partial charge in [-0.1, -0.05) is 47.8 Å². The first-order chi connectivity index (χ1) is 18.2. The molecule has 0 saturated carbocycles. The molecule has 0 radical (unpaired) electrons. The van der Waals surface area contributed by atoms with Gasteiger partial charge in [0.2, 0.25) is 11.9 Å². The molecule has 0 bridgehead atoms. The molecule has 2 fully saturated rings. The smallest absolute Gasteiger partial charge is 0.321 e. The first-order valence-corrected chi connectivity index (χ1v) is 14.0. The Balaban J connectivity index is 1.39. The second-order valence-corrected chi connectivity index (χ2v) is 11.1. The van der Waals surface area contributed by atoms with E-state index < -0.39 is 12.0 Å². The zero-order valence-corrected chi connectivity index (χ0v) is 23.7. The molecule has 1 aromatic carbocycles. The van der Waals surface area contributed by atoms with Gasteiger partial charge in [0.15, 0.2) is 5.82 Å². The van der Waals surface area contributed by atoms with Gasteiger partial charge in [0, 0.05) is 42.6 Å². The summed E-state index contributed by atoms with van der Waals surface area (Å²) in [6, 6.07) is 4.61. The molecular formula is C26H33Cl3N6O3. The molecular weight excluding hydrogens is 551 g/mol. The monoisotopic (exact) mass is 582 g/mol. The van der Waals surface area contributed by atoms with E-state index in [1.807, 2.05) is 22.8 Å². The third kappa shape index (κ3) is 6.62. The van der Waals surface area contributed by atoms with E-state index in [4.69, 9.17) is 34.8 Å². The van der Waals surface area contributed by atoms with Crippen molar-refractivity contribution < 1.29 is 14.7 Å². The first kappa shape index (κ1) is 28.7. The Morgan fingerprint density at radius 1 is 1.21 bits per heavy atom. The molecule has 4 rings (SSSR count). The van der Waals surface area contributed by atoms with Crippen molar-refractivity contribution in [2.24, 2.45) is 11.8 Å². The van der Waals surface area contributed by atoms with E-state index in [2.05, 4.69) is 20.6 Å². The summed E-state index contributed by atoms with van der Waals surface area (Å²) in [5, 5.41) is 17.7. The van der Waals surface area contributed by atoms with Crippen LogP contribution in [0.25, 0.3) is 0 Å². The number of carboxylic acids is 1. The minimum absolute atomic E-state index is 0.0244. The lowest BCUT2D eigenvalue weighted by atomic mass is 9.75. The number of likely N-dealkylation sites (tertiary alicyclic amines) is 1. The number of anilines is 2. The van der Waals surface area contributed by atoms with Crippen molar-refractivity contribution in [3.63, 3.8) is 0 Å². The number of aliphatic carboxylic acids is 1. The first-order valence-electron chi connectivity index (χ1n) is 12.9. The second-order valence-electron chi connectivity index (χ2n) is 9.89. The summed E-state index contributed by atoms with van der Waals surface area (Å²) in [5.41, 5.74) is 0.868. The Hall–Kier alpha value is -2.33. The second kappa shape index (κ2) is 12.7. The van der Waals surface area contributed by atoms with E-state index >= 15 is 0 Å². The molecule has 2 aromatic rings. The summed E-state index contributed by atoms with van der Waals surface area (Å²) >= 11 is 18.8. The van der Waals surface area contributed by atoms with Gasteiger partial charge in [-0.25, -0.2) is 4.98 Å². The van der Waals surface area contributed by atoms with Crippen LogP contribution in [0.4, 0.5) is 11.8 Å². The molecule has 3 N–H and O–H groups in total. The zero-order valence-electron chi connectivity index (χ0n) is 21.5. The van der Waals surface area contributed by atoms with Crippen LogP contribution >= 0.6 is 34.8 Å². The van der Waals surface area contributed by atoms with Crippen molar-refractivity contribution in [1.82, 2.24) is 20.2 Å². The predicted octanol–water partition coefficient (Wildman–Crippen LogP) is 4.74. The normalized spacial score (nSPS) is 21.0. The number of carbonyl (C=O) groups excluding carboxylic acids is 1.